The highest BCUT2D eigenvalue weighted by Crippen LogP contribution is 2.38. The Hall–Kier alpha value is -3.53. The van der Waals surface area contributed by atoms with Gasteiger partial charge in [0.15, 0.2) is 11.5 Å². The number of amides is 3. The molecule has 3 amide bonds. The van der Waals surface area contributed by atoms with Crippen LogP contribution in [0.25, 0.3) is 0 Å². The molecule has 1 N–H and O–H groups in total. The Labute approximate surface area is 218 Å². The molecule has 0 spiro atoms. The van der Waals surface area contributed by atoms with Gasteiger partial charge in [-0.05, 0) is 43.7 Å². The zero-order valence-electron chi connectivity index (χ0n) is 22.3. The van der Waals surface area contributed by atoms with Gasteiger partial charge in [-0.2, -0.15) is 0 Å². The summed E-state index contributed by atoms with van der Waals surface area (Å²) in [4.78, 5) is 31.8. The molecule has 0 aromatic heterocycles. The van der Waals surface area contributed by atoms with Crippen LogP contribution in [0.5, 0.6) is 17.2 Å². The highest BCUT2D eigenvalue weighted by molar-refractivity contribution is 5.95. The van der Waals surface area contributed by atoms with Gasteiger partial charge in [-0.1, -0.05) is 12.1 Å². The summed E-state index contributed by atoms with van der Waals surface area (Å²) in [6, 6.07) is 9.37. The topological polar surface area (TPSA) is 83.6 Å². The van der Waals surface area contributed by atoms with Crippen molar-refractivity contribution in [1.29, 1.82) is 0 Å². The van der Waals surface area contributed by atoms with E-state index in [1.165, 1.54) is 33.5 Å². The molecule has 10 heteroatoms. The van der Waals surface area contributed by atoms with Crippen molar-refractivity contribution < 1.29 is 28.2 Å². The third-order valence-corrected chi connectivity index (χ3v) is 6.24. The minimum atomic E-state index is -0.305. The lowest BCUT2D eigenvalue weighted by Crippen LogP contribution is -2.51. The summed E-state index contributed by atoms with van der Waals surface area (Å²) in [5.41, 5.74) is 1.33. The second-order valence-corrected chi connectivity index (χ2v) is 9.20. The third kappa shape index (κ3) is 7.48. The van der Waals surface area contributed by atoms with Gasteiger partial charge in [-0.15, -0.1) is 0 Å². The van der Waals surface area contributed by atoms with Crippen LogP contribution in [-0.4, -0.2) is 93.3 Å². The summed E-state index contributed by atoms with van der Waals surface area (Å²) < 4.78 is 29.4. The van der Waals surface area contributed by atoms with E-state index in [4.69, 9.17) is 14.2 Å². The maximum Gasteiger partial charge on any atom is 0.317 e. The molecule has 1 aliphatic rings. The molecule has 1 aliphatic heterocycles. The summed E-state index contributed by atoms with van der Waals surface area (Å²) in [7, 11) is 4.56. The van der Waals surface area contributed by atoms with E-state index in [0.29, 0.717) is 68.6 Å². The highest BCUT2D eigenvalue weighted by atomic mass is 19.1. The molecule has 0 radical (unpaired) electrons. The second kappa shape index (κ2) is 13.1. The Morgan fingerprint density at radius 1 is 0.973 bits per heavy atom. The molecule has 0 bridgehead atoms. The van der Waals surface area contributed by atoms with Gasteiger partial charge < -0.3 is 29.3 Å². The number of nitrogens with one attached hydrogen (secondary N) is 1. The minimum Gasteiger partial charge on any atom is -0.493 e. The summed E-state index contributed by atoms with van der Waals surface area (Å²) in [5.74, 6) is 0.904. The van der Waals surface area contributed by atoms with Crippen LogP contribution in [0, 0.1) is 5.82 Å². The van der Waals surface area contributed by atoms with Gasteiger partial charge in [0.05, 0.1) is 21.3 Å². The van der Waals surface area contributed by atoms with Crippen molar-refractivity contribution in [3.8, 4) is 17.2 Å². The number of carbonyl (C=O) groups excluding carboxylic acids is 2. The predicted molar refractivity (Wildman–Crippen MR) is 139 cm³/mol. The van der Waals surface area contributed by atoms with Crippen molar-refractivity contribution in [1.82, 2.24) is 20.0 Å². The smallest absolute Gasteiger partial charge is 0.317 e. The normalized spacial score (nSPS) is 13.9. The van der Waals surface area contributed by atoms with Gasteiger partial charge in [0.2, 0.25) is 5.75 Å². The van der Waals surface area contributed by atoms with Gasteiger partial charge in [-0.3, -0.25) is 9.69 Å². The van der Waals surface area contributed by atoms with Gasteiger partial charge in [0.1, 0.15) is 5.82 Å². The number of methoxy groups -OCH3 is 3. The number of benzene rings is 2. The predicted octanol–water partition coefficient (Wildman–Crippen LogP) is 3.23. The molecule has 0 saturated carbocycles. The van der Waals surface area contributed by atoms with E-state index in [1.807, 2.05) is 13.8 Å². The van der Waals surface area contributed by atoms with Crippen LogP contribution in [-0.2, 0) is 6.54 Å². The highest BCUT2D eigenvalue weighted by Gasteiger charge is 2.25. The minimum absolute atomic E-state index is 0.00739. The van der Waals surface area contributed by atoms with Gasteiger partial charge in [0, 0.05) is 57.4 Å². The number of rotatable bonds is 10. The number of hydrogen-bond acceptors (Lipinski definition) is 6. The molecule has 0 aliphatic carbocycles. The number of nitrogens with zero attached hydrogens (tertiary/aromatic N) is 3. The SMILES string of the molecule is COc1cc(C(=O)N2CCN(CCN(Cc3ccc(F)cc3)C(=O)NC(C)C)CC2)cc(OC)c1OC. The van der Waals surface area contributed by atoms with E-state index in [2.05, 4.69) is 10.2 Å². The van der Waals surface area contributed by atoms with Gasteiger partial charge in [-0.25, -0.2) is 9.18 Å². The molecule has 1 heterocycles. The van der Waals surface area contributed by atoms with Crippen LogP contribution in [0.3, 0.4) is 0 Å². The zero-order chi connectivity index (χ0) is 26.9. The third-order valence-electron chi connectivity index (χ3n) is 6.24. The van der Waals surface area contributed by atoms with E-state index in [9.17, 15) is 14.0 Å². The summed E-state index contributed by atoms with van der Waals surface area (Å²) in [6.07, 6.45) is 0. The van der Waals surface area contributed by atoms with Crippen LogP contribution >= 0.6 is 0 Å². The van der Waals surface area contributed by atoms with Crippen LogP contribution in [0.15, 0.2) is 36.4 Å². The molecular weight excluding hydrogens is 479 g/mol. The fourth-order valence-corrected chi connectivity index (χ4v) is 4.22. The molecule has 9 nitrogen and oxygen atoms in total. The first-order chi connectivity index (χ1) is 17.7. The van der Waals surface area contributed by atoms with Gasteiger partial charge in [0.25, 0.3) is 5.91 Å². The number of ether oxygens (including phenoxy) is 3. The van der Waals surface area contributed by atoms with E-state index in [-0.39, 0.29) is 23.8 Å². The summed E-state index contributed by atoms with van der Waals surface area (Å²) >= 11 is 0. The van der Waals surface area contributed by atoms with Crippen molar-refractivity contribution in [3.05, 3.63) is 53.3 Å². The average molecular weight is 517 g/mol. The molecular formula is C27H37FN4O5. The molecule has 3 rings (SSSR count). The van der Waals surface area contributed by atoms with Crippen molar-refractivity contribution >= 4 is 11.9 Å². The average Bonchev–Trinajstić information content (AvgIpc) is 2.90. The lowest BCUT2D eigenvalue weighted by atomic mass is 10.1. The van der Waals surface area contributed by atoms with Crippen LogP contribution in [0.4, 0.5) is 9.18 Å². The summed E-state index contributed by atoms with van der Waals surface area (Å²) in [6.45, 7) is 7.89. The van der Waals surface area contributed by atoms with Crippen molar-refractivity contribution in [3.63, 3.8) is 0 Å². The van der Waals surface area contributed by atoms with E-state index >= 15 is 0 Å². The molecule has 1 saturated heterocycles. The molecule has 0 unspecified atom stereocenters. The standard InChI is InChI=1S/C27H37FN4O5/c1-19(2)29-27(34)32(18-20-6-8-22(28)9-7-20)15-12-30-10-13-31(14-11-30)26(33)21-16-23(35-3)25(37-5)24(17-21)36-4/h6-9,16-17,19H,10-15,18H2,1-5H3,(H,29,34). The van der Waals surface area contributed by atoms with Crippen LogP contribution < -0.4 is 19.5 Å². The Bertz CT molecular complexity index is 1030. The van der Waals surface area contributed by atoms with Gasteiger partial charge >= 0.3 is 6.03 Å². The number of urea groups is 1. The molecule has 37 heavy (non-hydrogen) atoms. The Morgan fingerprint density at radius 2 is 1.57 bits per heavy atom. The first-order valence-electron chi connectivity index (χ1n) is 12.4. The van der Waals surface area contributed by atoms with E-state index in [0.717, 1.165) is 5.56 Å². The molecule has 1 fully saturated rings. The van der Waals surface area contributed by atoms with Crippen LogP contribution in [0.2, 0.25) is 0 Å². The molecule has 202 valence electrons. The number of halogens is 1. The van der Waals surface area contributed by atoms with Crippen molar-refractivity contribution in [2.75, 3.05) is 60.6 Å². The molecule has 2 aromatic rings. The lowest BCUT2D eigenvalue weighted by molar-refractivity contribution is 0.0626. The first kappa shape index (κ1) is 28.0. The molecule has 2 aromatic carbocycles. The monoisotopic (exact) mass is 516 g/mol. The maximum absolute atomic E-state index is 13.3. The Balaban J connectivity index is 1.59. The van der Waals surface area contributed by atoms with E-state index < -0.39 is 0 Å². The number of hydrogen-bond donors (Lipinski definition) is 1. The van der Waals surface area contributed by atoms with Crippen molar-refractivity contribution in [2.45, 2.75) is 26.4 Å². The molecule has 0 atom stereocenters. The number of piperazine rings is 1. The quantitative estimate of drug-likeness (QED) is 0.522. The number of carbonyl (C=O) groups is 2. The lowest BCUT2D eigenvalue weighted by Gasteiger charge is -2.36. The van der Waals surface area contributed by atoms with E-state index in [1.54, 1.807) is 34.1 Å². The van der Waals surface area contributed by atoms with Crippen LogP contribution in [0.1, 0.15) is 29.8 Å². The fraction of sp³-hybridized carbons (Fsp3) is 0.481. The first-order valence-corrected chi connectivity index (χ1v) is 12.4. The Kier molecular flexibility index (Phi) is 9.96. The maximum atomic E-state index is 13.3. The fourth-order valence-electron chi connectivity index (χ4n) is 4.22. The zero-order valence-corrected chi connectivity index (χ0v) is 22.3. The summed E-state index contributed by atoms with van der Waals surface area (Å²) in [5, 5.41) is 2.94. The largest absolute Gasteiger partial charge is 0.493 e. The Morgan fingerprint density at radius 3 is 2.08 bits per heavy atom. The van der Waals surface area contributed by atoms with Crippen molar-refractivity contribution in [2.24, 2.45) is 0 Å². The second-order valence-electron chi connectivity index (χ2n) is 9.20.